The van der Waals surface area contributed by atoms with Crippen LogP contribution in [0.1, 0.15) is 49.4 Å². The summed E-state index contributed by atoms with van der Waals surface area (Å²) in [5.41, 5.74) is 0. The van der Waals surface area contributed by atoms with Crippen molar-refractivity contribution in [2.24, 2.45) is 11.8 Å². The number of nitrogens with one attached hydrogen (secondary N) is 1. The van der Waals surface area contributed by atoms with Crippen molar-refractivity contribution in [3.05, 3.63) is 17.6 Å². The average molecular weight is 398 g/mol. The van der Waals surface area contributed by atoms with E-state index in [1.54, 1.807) is 6.92 Å². The van der Waals surface area contributed by atoms with Crippen LogP contribution < -0.4 is 5.32 Å². The van der Waals surface area contributed by atoms with E-state index in [-0.39, 0.29) is 22.3 Å². The first kappa shape index (κ1) is 20.4. The minimum atomic E-state index is -3.58. The number of carbonyl (C=O) groups is 1. The van der Waals surface area contributed by atoms with Crippen LogP contribution in [0.3, 0.4) is 0 Å². The minimum Gasteiger partial charge on any atom is -0.455 e. The summed E-state index contributed by atoms with van der Waals surface area (Å²) in [7, 11) is -3.58. The highest BCUT2D eigenvalue weighted by atomic mass is 32.2. The molecule has 7 nitrogen and oxygen atoms in total. The zero-order valence-electron chi connectivity index (χ0n) is 16.5. The van der Waals surface area contributed by atoms with Gasteiger partial charge in [-0.2, -0.15) is 4.31 Å². The second-order valence-electron chi connectivity index (χ2n) is 8.10. The second-order valence-corrected chi connectivity index (χ2v) is 10.0. The number of hydrogen-bond acceptors (Lipinski definition) is 5. The van der Waals surface area contributed by atoms with Crippen LogP contribution in [0.15, 0.2) is 15.4 Å². The Balaban J connectivity index is 1.58. The molecule has 1 aromatic heterocycles. The summed E-state index contributed by atoms with van der Waals surface area (Å²) < 4.78 is 32.3. The molecule has 2 aliphatic heterocycles. The van der Waals surface area contributed by atoms with E-state index >= 15 is 0 Å². The second kappa shape index (κ2) is 8.32. The summed E-state index contributed by atoms with van der Waals surface area (Å²) in [5.74, 6) is 1.32. The van der Waals surface area contributed by atoms with Crippen molar-refractivity contribution in [1.29, 1.82) is 0 Å². The normalized spacial score (nSPS) is 25.0. The first-order valence-corrected chi connectivity index (χ1v) is 11.3. The maximum atomic E-state index is 12.7. The molecular weight excluding hydrogens is 366 g/mol. The van der Waals surface area contributed by atoms with Gasteiger partial charge in [0.15, 0.2) is 5.76 Å². The number of likely N-dealkylation sites (tertiary alicyclic amines) is 1. The number of piperidine rings is 1. The Kier molecular flexibility index (Phi) is 6.28. The molecule has 0 aliphatic carbocycles. The number of carbonyl (C=O) groups excluding carboxylic acids is 1. The van der Waals surface area contributed by atoms with Gasteiger partial charge in [0.25, 0.3) is 5.91 Å². The molecular formula is C19H31N3O4S. The Morgan fingerprint density at radius 2 is 1.85 bits per heavy atom. The van der Waals surface area contributed by atoms with Crippen LogP contribution >= 0.6 is 0 Å². The number of hydrogen-bond donors (Lipinski definition) is 1. The number of furan rings is 1. The monoisotopic (exact) mass is 397 g/mol. The van der Waals surface area contributed by atoms with Crippen molar-refractivity contribution in [3.8, 4) is 0 Å². The zero-order valence-corrected chi connectivity index (χ0v) is 17.3. The molecule has 1 amide bonds. The van der Waals surface area contributed by atoms with Crippen LogP contribution in [0.25, 0.3) is 0 Å². The molecule has 0 spiro atoms. The highest BCUT2D eigenvalue weighted by Gasteiger charge is 2.31. The van der Waals surface area contributed by atoms with Gasteiger partial charge < -0.3 is 14.6 Å². The van der Waals surface area contributed by atoms with Crippen molar-refractivity contribution >= 4 is 15.9 Å². The number of rotatable bonds is 6. The van der Waals surface area contributed by atoms with Crippen LogP contribution in [-0.4, -0.2) is 62.8 Å². The molecule has 0 saturated carbocycles. The number of aryl methyl sites for hydroxylation is 1. The fraction of sp³-hybridized carbons (Fsp3) is 0.737. The first-order valence-electron chi connectivity index (χ1n) is 9.88. The minimum absolute atomic E-state index is 0.0608. The molecule has 3 rings (SSSR count). The maximum absolute atomic E-state index is 12.7. The average Bonchev–Trinajstić information content (AvgIpc) is 3.24. The Morgan fingerprint density at radius 1 is 1.22 bits per heavy atom. The summed E-state index contributed by atoms with van der Waals surface area (Å²) in [6.45, 7) is 10.6. The van der Waals surface area contributed by atoms with E-state index in [2.05, 4.69) is 24.1 Å². The molecule has 1 N–H and O–H groups in total. The van der Waals surface area contributed by atoms with Crippen LogP contribution in [0.2, 0.25) is 0 Å². The molecule has 0 bridgehead atoms. The summed E-state index contributed by atoms with van der Waals surface area (Å²) in [4.78, 5) is 14.9. The van der Waals surface area contributed by atoms with Gasteiger partial charge in [0.05, 0.1) is 0 Å². The molecule has 2 unspecified atom stereocenters. The standard InChI is InChI=1S/C19H31N3O4S/c1-14-10-15(2)13-21(12-14)9-6-20-19(23)17-11-18(16(3)26-17)27(24,25)22-7-4-5-8-22/h11,14-15H,4-10,12-13H2,1-3H3,(H,20,23). The predicted octanol–water partition coefficient (Wildman–Crippen LogP) is 2.08. The lowest BCUT2D eigenvalue weighted by Crippen LogP contribution is -2.42. The van der Waals surface area contributed by atoms with E-state index in [0.29, 0.717) is 31.5 Å². The van der Waals surface area contributed by atoms with Gasteiger partial charge in [0.1, 0.15) is 10.7 Å². The van der Waals surface area contributed by atoms with Crippen molar-refractivity contribution < 1.29 is 17.6 Å². The Bertz CT molecular complexity index is 758. The summed E-state index contributed by atoms with van der Waals surface area (Å²) in [5, 5.41) is 2.85. The lowest BCUT2D eigenvalue weighted by Gasteiger charge is -2.34. The van der Waals surface area contributed by atoms with Gasteiger partial charge in [0, 0.05) is 45.3 Å². The van der Waals surface area contributed by atoms with Gasteiger partial charge in [-0.05, 0) is 38.0 Å². The van der Waals surface area contributed by atoms with E-state index in [1.165, 1.54) is 16.8 Å². The third kappa shape index (κ3) is 4.73. The Hall–Kier alpha value is -1.38. The molecule has 3 heterocycles. The van der Waals surface area contributed by atoms with Gasteiger partial charge in [-0.15, -0.1) is 0 Å². The Morgan fingerprint density at radius 3 is 2.48 bits per heavy atom. The molecule has 0 aromatic carbocycles. The number of nitrogens with zero attached hydrogens (tertiary/aromatic N) is 2. The molecule has 0 radical (unpaired) electrons. The van der Waals surface area contributed by atoms with E-state index in [9.17, 15) is 13.2 Å². The smallest absolute Gasteiger partial charge is 0.287 e. The SMILES string of the molecule is Cc1oc(C(=O)NCCN2CC(C)CC(C)C2)cc1S(=O)(=O)N1CCCC1. The fourth-order valence-corrected chi connectivity index (χ4v) is 5.97. The number of amides is 1. The molecule has 2 aliphatic rings. The molecule has 152 valence electrons. The van der Waals surface area contributed by atoms with E-state index in [0.717, 1.165) is 32.5 Å². The molecule has 2 saturated heterocycles. The van der Waals surface area contributed by atoms with E-state index in [4.69, 9.17) is 4.42 Å². The van der Waals surface area contributed by atoms with Crippen LogP contribution in [0, 0.1) is 18.8 Å². The lowest BCUT2D eigenvalue weighted by molar-refractivity contribution is 0.0908. The molecule has 2 atom stereocenters. The van der Waals surface area contributed by atoms with Crippen LogP contribution in [-0.2, 0) is 10.0 Å². The molecule has 27 heavy (non-hydrogen) atoms. The number of sulfonamides is 1. The van der Waals surface area contributed by atoms with Gasteiger partial charge in [-0.3, -0.25) is 4.79 Å². The predicted molar refractivity (Wildman–Crippen MR) is 103 cm³/mol. The molecule has 2 fully saturated rings. The third-order valence-electron chi connectivity index (χ3n) is 5.44. The third-order valence-corrected chi connectivity index (χ3v) is 7.44. The van der Waals surface area contributed by atoms with Crippen molar-refractivity contribution in [3.63, 3.8) is 0 Å². The van der Waals surface area contributed by atoms with Crippen molar-refractivity contribution in [1.82, 2.24) is 14.5 Å². The maximum Gasteiger partial charge on any atom is 0.287 e. The highest BCUT2D eigenvalue weighted by molar-refractivity contribution is 7.89. The Labute approximate surface area is 162 Å². The van der Waals surface area contributed by atoms with E-state index < -0.39 is 10.0 Å². The summed E-state index contributed by atoms with van der Waals surface area (Å²) in [6, 6.07) is 1.36. The topological polar surface area (TPSA) is 82.9 Å². The molecule has 8 heteroatoms. The van der Waals surface area contributed by atoms with Gasteiger partial charge in [0.2, 0.25) is 10.0 Å². The van der Waals surface area contributed by atoms with Gasteiger partial charge >= 0.3 is 0 Å². The van der Waals surface area contributed by atoms with E-state index in [1.807, 2.05) is 0 Å². The highest BCUT2D eigenvalue weighted by Crippen LogP contribution is 2.26. The van der Waals surface area contributed by atoms with Gasteiger partial charge in [-0.1, -0.05) is 13.8 Å². The first-order chi connectivity index (χ1) is 12.8. The lowest BCUT2D eigenvalue weighted by atomic mass is 9.92. The quantitative estimate of drug-likeness (QED) is 0.795. The zero-order chi connectivity index (χ0) is 19.6. The van der Waals surface area contributed by atoms with Gasteiger partial charge in [-0.25, -0.2) is 8.42 Å². The summed E-state index contributed by atoms with van der Waals surface area (Å²) in [6.07, 6.45) is 3.00. The van der Waals surface area contributed by atoms with Crippen LogP contribution in [0.5, 0.6) is 0 Å². The largest absolute Gasteiger partial charge is 0.455 e. The molecule has 1 aromatic rings. The fourth-order valence-electron chi connectivity index (χ4n) is 4.29. The summed E-state index contributed by atoms with van der Waals surface area (Å²) >= 11 is 0. The van der Waals surface area contributed by atoms with Crippen LogP contribution in [0.4, 0.5) is 0 Å². The van der Waals surface area contributed by atoms with Crippen molar-refractivity contribution in [2.45, 2.75) is 44.9 Å². The van der Waals surface area contributed by atoms with Crippen molar-refractivity contribution in [2.75, 3.05) is 39.3 Å².